The summed E-state index contributed by atoms with van der Waals surface area (Å²) in [6.45, 7) is -1.60. The largest absolute Gasteiger partial charge is 0.484 e. The van der Waals surface area contributed by atoms with E-state index in [4.69, 9.17) is 0 Å². The molecule has 0 N–H and O–H groups in total. The van der Waals surface area contributed by atoms with Gasteiger partial charge in [-0.2, -0.15) is 26.3 Å². The molecule has 0 aliphatic rings. The monoisotopic (exact) mass is 379 g/mol. The Labute approximate surface area is 140 Å². The molecule has 26 heavy (non-hydrogen) atoms. The normalized spacial score (nSPS) is 12.6. The Morgan fingerprint density at radius 1 is 1.00 bits per heavy atom. The van der Waals surface area contributed by atoms with Gasteiger partial charge in [-0.15, -0.1) is 5.10 Å². The summed E-state index contributed by atoms with van der Waals surface area (Å²) in [6.07, 6.45) is -8.16. The fraction of sp³-hybridized carbons (Fsp3) is 0.200. The maximum Gasteiger partial charge on any atom is 0.453 e. The van der Waals surface area contributed by atoms with Crippen LogP contribution < -0.4 is 4.74 Å². The van der Waals surface area contributed by atoms with Crippen molar-refractivity contribution in [3.63, 3.8) is 0 Å². The quantitative estimate of drug-likeness (QED) is 0.630. The Balaban J connectivity index is 2.00. The van der Waals surface area contributed by atoms with Gasteiger partial charge in [0.15, 0.2) is 12.3 Å². The average Bonchev–Trinajstić information content (AvgIpc) is 2.97. The van der Waals surface area contributed by atoms with Crippen molar-refractivity contribution in [3.8, 4) is 16.9 Å². The summed E-state index contributed by atoms with van der Waals surface area (Å²) in [5, 5.41) is 3.28. The molecule has 0 saturated heterocycles. The summed E-state index contributed by atoms with van der Waals surface area (Å²) in [7, 11) is 0. The van der Waals surface area contributed by atoms with Crippen LogP contribution in [-0.2, 0) is 6.18 Å². The first-order valence-corrected chi connectivity index (χ1v) is 6.97. The van der Waals surface area contributed by atoms with Crippen LogP contribution in [0.25, 0.3) is 16.8 Å². The van der Waals surface area contributed by atoms with Gasteiger partial charge in [0.2, 0.25) is 0 Å². The predicted molar refractivity (Wildman–Crippen MR) is 74.9 cm³/mol. The summed E-state index contributed by atoms with van der Waals surface area (Å²) in [5.74, 6) is -2.74. The zero-order valence-electron chi connectivity index (χ0n) is 12.6. The molecule has 0 aliphatic carbocycles. The smallest absolute Gasteiger partial charge is 0.453 e. The highest BCUT2D eigenvalue weighted by Gasteiger charge is 2.36. The van der Waals surface area contributed by atoms with Crippen LogP contribution >= 0.6 is 0 Å². The molecule has 0 spiro atoms. The van der Waals surface area contributed by atoms with E-state index in [-0.39, 0.29) is 22.5 Å². The number of hydrogen-bond donors (Lipinski definition) is 0. The molecule has 0 radical (unpaired) electrons. The Bertz CT molecular complexity index is 947. The maximum absolute atomic E-state index is 14.3. The second kappa shape index (κ2) is 6.15. The van der Waals surface area contributed by atoms with Crippen LogP contribution in [0.2, 0.25) is 0 Å². The first kappa shape index (κ1) is 18.0. The molecule has 11 heteroatoms. The Hall–Kier alpha value is -2.85. The van der Waals surface area contributed by atoms with Gasteiger partial charge in [0.1, 0.15) is 11.6 Å². The van der Waals surface area contributed by atoms with Gasteiger partial charge >= 0.3 is 12.4 Å². The fourth-order valence-electron chi connectivity index (χ4n) is 2.21. The van der Waals surface area contributed by atoms with Gasteiger partial charge in [-0.1, -0.05) is 0 Å². The molecule has 0 saturated carbocycles. The molecule has 0 aliphatic heterocycles. The number of rotatable bonds is 3. The number of alkyl halides is 6. The van der Waals surface area contributed by atoms with Crippen molar-refractivity contribution in [2.75, 3.05) is 6.61 Å². The first-order valence-electron chi connectivity index (χ1n) is 6.97. The highest BCUT2D eigenvalue weighted by Crippen LogP contribution is 2.32. The van der Waals surface area contributed by atoms with Crippen LogP contribution in [0.3, 0.4) is 0 Å². The Morgan fingerprint density at radius 2 is 1.73 bits per heavy atom. The number of hydrogen-bond acceptors (Lipinski definition) is 3. The third kappa shape index (κ3) is 3.70. The van der Waals surface area contributed by atoms with Crippen molar-refractivity contribution in [1.29, 1.82) is 0 Å². The minimum atomic E-state index is -4.78. The number of benzene rings is 1. The van der Waals surface area contributed by atoms with Gasteiger partial charge in [-0.05, 0) is 24.3 Å². The lowest BCUT2D eigenvalue weighted by atomic mass is 10.1. The minimum absolute atomic E-state index is 0.00429. The summed E-state index contributed by atoms with van der Waals surface area (Å²) in [5.41, 5.74) is -0.408. The molecule has 3 rings (SSSR count). The molecule has 4 nitrogen and oxygen atoms in total. The highest BCUT2D eigenvalue weighted by molar-refractivity contribution is 5.78. The number of pyridine rings is 1. The minimum Gasteiger partial charge on any atom is -0.484 e. The molecule has 0 bridgehead atoms. The summed E-state index contributed by atoms with van der Waals surface area (Å²) >= 11 is 0. The van der Waals surface area contributed by atoms with E-state index in [1.807, 2.05) is 0 Å². The zero-order valence-corrected chi connectivity index (χ0v) is 12.6. The molecule has 138 valence electrons. The number of halogens is 7. The molecular formula is C15H8F7N3O. The average molecular weight is 379 g/mol. The van der Waals surface area contributed by atoms with Gasteiger partial charge in [0, 0.05) is 23.4 Å². The Kier molecular flexibility index (Phi) is 4.24. The van der Waals surface area contributed by atoms with E-state index in [1.165, 1.54) is 18.3 Å². The summed E-state index contributed by atoms with van der Waals surface area (Å²) < 4.78 is 94.2. The standard InChI is InChI=1S/C15H8F7N3O/c16-11-6-8(26-7-14(17,18)19)3-4-9(11)10-2-1-5-25-12(10)23-13(24-25)15(20,21)22/h1-6H,7H2. The van der Waals surface area contributed by atoms with Crippen LogP contribution in [0, 0.1) is 5.82 Å². The number of nitrogens with zero attached hydrogens (tertiary/aromatic N) is 3. The van der Waals surface area contributed by atoms with Gasteiger partial charge in [0.25, 0.3) is 5.82 Å². The van der Waals surface area contributed by atoms with Crippen molar-refractivity contribution >= 4 is 5.65 Å². The lowest BCUT2D eigenvalue weighted by Crippen LogP contribution is -2.19. The van der Waals surface area contributed by atoms with Crippen LogP contribution in [0.1, 0.15) is 5.82 Å². The van der Waals surface area contributed by atoms with Crippen molar-refractivity contribution in [2.45, 2.75) is 12.4 Å². The fourth-order valence-corrected chi connectivity index (χ4v) is 2.21. The van der Waals surface area contributed by atoms with E-state index < -0.39 is 30.6 Å². The molecule has 0 amide bonds. The Morgan fingerprint density at radius 3 is 2.35 bits per heavy atom. The highest BCUT2D eigenvalue weighted by atomic mass is 19.4. The van der Waals surface area contributed by atoms with Crippen molar-refractivity contribution in [2.24, 2.45) is 0 Å². The van der Waals surface area contributed by atoms with Crippen molar-refractivity contribution < 1.29 is 35.5 Å². The van der Waals surface area contributed by atoms with Gasteiger partial charge < -0.3 is 4.74 Å². The number of aromatic nitrogens is 3. The van der Waals surface area contributed by atoms with E-state index in [1.54, 1.807) is 0 Å². The van der Waals surface area contributed by atoms with Crippen LogP contribution in [-0.4, -0.2) is 27.4 Å². The lowest BCUT2D eigenvalue weighted by molar-refractivity contribution is -0.153. The second-order valence-corrected chi connectivity index (χ2v) is 5.17. The second-order valence-electron chi connectivity index (χ2n) is 5.17. The summed E-state index contributed by atoms with van der Waals surface area (Å²) in [4.78, 5) is 3.37. The first-order chi connectivity index (χ1) is 12.0. The molecule has 0 fully saturated rings. The number of ether oxygens (including phenoxy) is 1. The third-order valence-electron chi connectivity index (χ3n) is 3.25. The van der Waals surface area contributed by atoms with E-state index in [0.717, 1.165) is 16.6 Å². The molecule has 1 aromatic carbocycles. The lowest BCUT2D eigenvalue weighted by Gasteiger charge is -2.10. The molecule has 2 heterocycles. The maximum atomic E-state index is 14.3. The van der Waals surface area contributed by atoms with E-state index in [0.29, 0.717) is 6.07 Å². The van der Waals surface area contributed by atoms with Gasteiger partial charge in [0.05, 0.1) is 0 Å². The zero-order chi connectivity index (χ0) is 19.1. The molecule has 0 atom stereocenters. The van der Waals surface area contributed by atoms with Crippen LogP contribution in [0.5, 0.6) is 5.75 Å². The van der Waals surface area contributed by atoms with Crippen molar-refractivity contribution in [1.82, 2.24) is 14.6 Å². The van der Waals surface area contributed by atoms with Crippen molar-refractivity contribution in [3.05, 3.63) is 48.2 Å². The number of fused-ring (bicyclic) bond motifs is 1. The predicted octanol–water partition coefficient (Wildman–Crippen LogP) is 4.50. The van der Waals surface area contributed by atoms with Gasteiger partial charge in [-0.25, -0.2) is 13.9 Å². The molecular weight excluding hydrogens is 371 g/mol. The summed E-state index contributed by atoms with van der Waals surface area (Å²) in [6, 6.07) is 5.54. The van der Waals surface area contributed by atoms with E-state index >= 15 is 0 Å². The topological polar surface area (TPSA) is 39.4 Å². The molecule has 0 unspecified atom stereocenters. The van der Waals surface area contributed by atoms with Gasteiger partial charge in [-0.3, -0.25) is 0 Å². The molecule has 3 aromatic rings. The van der Waals surface area contributed by atoms with Crippen LogP contribution in [0.4, 0.5) is 30.7 Å². The third-order valence-corrected chi connectivity index (χ3v) is 3.25. The SMILES string of the molecule is Fc1cc(OCC(F)(F)F)ccc1-c1cccn2nc(C(F)(F)F)nc12. The van der Waals surface area contributed by atoms with E-state index in [2.05, 4.69) is 14.8 Å². The van der Waals surface area contributed by atoms with Crippen LogP contribution in [0.15, 0.2) is 36.5 Å². The van der Waals surface area contributed by atoms with E-state index in [9.17, 15) is 30.7 Å². The molecule has 2 aromatic heterocycles.